The number of likely N-dealkylation sites (N-methyl/N-ethyl adjacent to an activating group) is 1. The number of benzene rings is 2. The Hall–Kier alpha value is -1.09. The Kier molecular flexibility index (Phi) is 4.81. The molecular formula is C15H14Cl2FN. The van der Waals surface area contributed by atoms with Crippen LogP contribution < -0.4 is 5.32 Å². The van der Waals surface area contributed by atoms with Gasteiger partial charge in [-0.25, -0.2) is 4.39 Å². The average Bonchev–Trinajstić information content (AvgIpc) is 2.40. The summed E-state index contributed by atoms with van der Waals surface area (Å²) >= 11 is 12.0. The van der Waals surface area contributed by atoms with Gasteiger partial charge in [-0.2, -0.15) is 0 Å². The van der Waals surface area contributed by atoms with E-state index in [2.05, 4.69) is 5.32 Å². The van der Waals surface area contributed by atoms with Gasteiger partial charge in [0.15, 0.2) is 0 Å². The fraction of sp³-hybridized carbons (Fsp3) is 0.200. The molecule has 0 aliphatic carbocycles. The van der Waals surface area contributed by atoms with E-state index in [1.165, 1.54) is 6.07 Å². The van der Waals surface area contributed by atoms with Crippen LogP contribution in [0, 0.1) is 5.82 Å². The monoisotopic (exact) mass is 297 g/mol. The SMILES string of the molecule is CNC(Cc1cccc(Cl)c1)c1cccc(F)c1Cl. The van der Waals surface area contributed by atoms with Crippen LogP contribution in [-0.2, 0) is 6.42 Å². The molecule has 1 atom stereocenters. The molecule has 0 heterocycles. The number of rotatable bonds is 4. The minimum atomic E-state index is -0.398. The Balaban J connectivity index is 2.28. The summed E-state index contributed by atoms with van der Waals surface area (Å²) < 4.78 is 13.5. The summed E-state index contributed by atoms with van der Waals surface area (Å²) in [5.41, 5.74) is 1.83. The van der Waals surface area contributed by atoms with Gasteiger partial charge < -0.3 is 5.32 Å². The molecule has 0 amide bonds. The summed E-state index contributed by atoms with van der Waals surface area (Å²) in [5.74, 6) is -0.398. The van der Waals surface area contributed by atoms with Gasteiger partial charge in [0.2, 0.25) is 0 Å². The fourth-order valence-electron chi connectivity index (χ4n) is 2.06. The second kappa shape index (κ2) is 6.38. The van der Waals surface area contributed by atoms with Crippen LogP contribution in [0.25, 0.3) is 0 Å². The lowest BCUT2D eigenvalue weighted by Crippen LogP contribution is -2.19. The number of nitrogens with one attached hydrogen (secondary N) is 1. The Morgan fingerprint density at radius 2 is 1.89 bits per heavy atom. The average molecular weight is 298 g/mol. The van der Waals surface area contributed by atoms with E-state index in [-0.39, 0.29) is 11.1 Å². The summed E-state index contributed by atoms with van der Waals surface area (Å²) in [4.78, 5) is 0. The van der Waals surface area contributed by atoms with Gasteiger partial charge in [-0.1, -0.05) is 47.5 Å². The Morgan fingerprint density at radius 1 is 1.16 bits per heavy atom. The number of halogens is 3. The van der Waals surface area contributed by atoms with Crippen molar-refractivity contribution in [2.45, 2.75) is 12.5 Å². The molecule has 1 unspecified atom stereocenters. The highest BCUT2D eigenvalue weighted by Gasteiger charge is 2.15. The van der Waals surface area contributed by atoms with Crippen molar-refractivity contribution < 1.29 is 4.39 Å². The third kappa shape index (κ3) is 3.47. The second-order valence-corrected chi connectivity index (χ2v) is 5.13. The van der Waals surface area contributed by atoms with E-state index in [0.717, 1.165) is 11.1 Å². The maximum atomic E-state index is 13.5. The van der Waals surface area contributed by atoms with Crippen LogP contribution in [-0.4, -0.2) is 7.05 Å². The number of hydrogen-bond donors (Lipinski definition) is 1. The molecule has 0 fully saturated rings. The van der Waals surface area contributed by atoms with Gasteiger partial charge in [-0.3, -0.25) is 0 Å². The van der Waals surface area contributed by atoms with Gasteiger partial charge in [0, 0.05) is 11.1 Å². The molecule has 2 aromatic carbocycles. The van der Waals surface area contributed by atoms with E-state index in [1.807, 2.05) is 37.4 Å². The predicted octanol–water partition coefficient (Wildman–Crippen LogP) is 4.64. The number of hydrogen-bond acceptors (Lipinski definition) is 1. The van der Waals surface area contributed by atoms with Crippen molar-refractivity contribution in [1.29, 1.82) is 0 Å². The molecule has 100 valence electrons. The van der Waals surface area contributed by atoms with Crippen LogP contribution in [0.5, 0.6) is 0 Å². The van der Waals surface area contributed by atoms with Crippen molar-refractivity contribution in [2.75, 3.05) is 7.05 Å². The van der Waals surface area contributed by atoms with Crippen LogP contribution in [0.3, 0.4) is 0 Å². The molecule has 2 rings (SSSR count). The third-order valence-corrected chi connectivity index (χ3v) is 3.67. The molecule has 2 aromatic rings. The molecular weight excluding hydrogens is 284 g/mol. The summed E-state index contributed by atoms with van der Waals surface area (Å²) in [7, 11) is 1.83. The topological polar surface area (TPSA) is 12.0 Å². The quantitative estimate of drug-likeness (QED) is 0.867. The first-order valence-electron chi connectivity index (χ1n) is 5.97. The smallest absolute Gasteiger partial charge is 0.142 e. The zero-order chi connectivity index (χ0) is 13.8. The highest BCUT2D eigenvalue weighted by molar-refractivity contribution is 6.31. The molecule has 0 saturated carbocycles. The molecule has 0 bridgehead atoms. The molecule has 0 aliphatic rings. The Labute approximate surface area is 122 Å². The molecule has 1 nitrogen and oxygen atoms in total. The van der Waals surface area contributed by atoms with E-state index in [0.29, 0.717) is 11.4 Å². The van der Waals surface area contributed by atoms with Gasteiger partial charge in [0.1, 0.15) is 5.82 Å². The van der Waals surface area contributed by atoms with Gasteiger partial charge in [0.25, 0.3) is 0 Å². The van der Waals surface area contributed by atoms with Crippen LogP contribution in [0.15, 0.2) is 42.5 Å². The van der Waals surface area contributed by atoms with E-state index in [1.54, 1.807) is 6.07 Å². The molecule has 0 aliphatic heterocycles. The van der Waals surface area contributed by atoms with Crippen molar-refractivity contribution in [2.24, 2.45) is 0 Å². The highest BCUT2D eigenvalue weighted by Crippen LogP contribution is 2.28. The van der Waals surface area contributed by atoms with Crippen molar-refractivity contribution in [1.82, 2.24) is 5.32 Å². The van der Waals surface area contributed by atoms with Crippen LogP contribution in [0.1, 0.15) is 17.2 Å². The lowest BCUT2D eigenvalue weighted by molar-refractivity contribution is 0.578. The first kappa shape index (κ1) is 14.3. The van der Waals surface area contributed by atoms with Gasteiger partial charge in [0.05, 0.1) is 5.02 Å². The molecule has 0 radical (unpaired) electrons. The third-order valence-electron chi connectivity index (χ3n) is 3.03. The summed E-state index contributed by atoms with van der Waals surface area (Å²) in [6.45, 7) is 0. The zero-order valence-electron chi connectivity index (χ0n) is 10.5. The minimum absolute atomic E-state index is 0.0540. The Morgan fingerprint density at radius 3 is 2.58 bits per heavy atom. The normalized spacial score (nSPS) is 12.4. The summed E-state index contributed by atoms with van der Waals surface area (Å²) in [5, 5.41) is 4.02. The van der Waals surface area contributed by atoms with Crippen molar-refractivity contribution in [3.8, 4) is 0 Å². The maximum Gasteiger partial charge on any atom is 0.142 e. The van der Waals surface area contributed by atoms with Crippen molar-refractivity contribution in [3.05, 3.63) is 69.5 Å². The predicted molar refractivity (Wildman–Crippen MR) is 78.4 cm³/mol. The summed E-state index contributed by atoms with van der Waals surface area (Å²) in [6, 6.07) is 12.4. The van der Waals surface area contributed by atoms with E-state index < -0.39 is 5.82 Å². The second-order valence-electron chi connectivity index (χ2n) is 4.32. The maximum absolute atomic E-state index is 13.5. The van der Waals surface area contributed by atoms with E-state index >= 15 is 0 Å². The van der Waals surface area contributed by atoms with Gasteiger partial charge >= 0.3 is 0 Å². The molecule has 0 saturated heterocycles. The molecule has 19 heavy (non-hydrogen) atoms. The first-order valence-corrected chi connectivity index (χ1v) is 6.73. The Bertz CT molecular complexity index is 572. The van der Waals surface area contributed by atoms with E-state index in [4.69, 9.17) is 23.2 Å². The standard InChI is InChI=1S/C15H14Cl2FN/c1-19-14(9-10-4-2-5-11(16)8-10)12-6-3-7-13(18)15(12)17/h2-8,14,19H,9H2,1H3. The van der Waals surface area contributed by atoms with Crippen molar-refractivity contribution >= 4 is 23.2 Å². The van der Waals surface area contributed by atoms with Crippen LogP contribution in [0.4, 0.5) is 4.39 Å². The molecule has 0 aromatic heterocycles. The zero-order valence-corrected chi connectivity index (χ0v) is 12.0. The minimum Gasteiger partial charge on any atom is -0.313 e. The molecule has 1 N–H and O–H groups in total. The van der Waals surface area contributed by atoms with Crippen molar-refractivity contribution in [3.63, 3.8) is 0 Å². The van der Waals surface area contributed by atoms with E-state index in [9.17, 15) is 4.39 Å². The lowest BCUT2D eigenvalue weighted by atomic mass is 9.99. The van der Waals surface area contributed by atoms with Crippen LogP contribution in [0.2, 0.25) is 10.0 Å². The van der Waals surface area contributed by atoms with Gasteiger partial charge in [-0.05, 0) is 42.8 Å². The van der Waals surface area contributed by atoms with Crippen LogP contribution >= 0.6 is 23.2 Å². The lowest BCUT2D eigenvalue weighted by Gasteiger charge is -2.18. The highest BCUT2D eigenvalue weighted by atomic mass is 35.5. The fourth-order valence-corrected chi connectivity index (χ4v) is 2.53. The van der Waals surface area contributed by atoms with Gasteiger partial charge in [-0.15, -0.1) is 0 Å². The first-order chi connectivity index (χ1) is 9.11. The largest absolute Gasteiger partial charge is 0.313 e. The molecule has 4 heteroatoms. The summed E-state index contributed by atoms with van der Waals surface area (Å²) in [6.07, 6.45) is 0.695. The molecule has 0 spiro atoms.